The van der Waals surface area contributed by atoms with Gasteiger partial charge in [0.25, 0.3) is 5.91 Å². The summed E-state index contributed by atoms with van der Waals surface area (Å²) in [6, 6.07) is 9.41. The first-order chi connectivity index (χ1) is 12.4. The molecule has 0 saturated carbocycles. The molecular weight excluding hydrogens is 424 g/mol. The number of pyridine rings is 1. The van der Waals surface area contributed by atoms with E-state index in [4.69, 9.17) is 50.9 Å². The molecule has 0 saturated heterocycles. The van der Waals surface area contributed by atoms with E-state index in [0.717, 1.165) is 4.73 Å². The Bertz CT molecular complexity index is 1020. The molecule has 0 aliphatic heterocycles. The van der Waals surface area contributed by atoms with Crippen LogP contribution in [0.2, 0.25) is 10.0 Å². The third-order valence-electron chi connectivity index (χ3n) is 3.33. The van der Waals surface area contributed by atoms with Crippen LogP contribution in [0, 0.1) is 0 Å². The number of halogens is 4. The summed E-state index contributed by atoms with van der Waals surface area (Å²) >= 11 is 23.3. The van der Waals surface area contributed by atoms with Crippen LogP contribution in [0.25, 0.3) is 22.7 Å². The topological polar surface area (TPSA) is 80.6 Å². The van der Waals surface area contributed by atoms with E-state index >= 15 is 0 Å². The number of hydrogen-bond acceptors (Lipinski definition) is 4. The van der Waals surface area contributed by atoms with Gasteiger partial charge < -0.3 is 9.73 Å². The monoisotopic (exact) mass is 431 g/mol. The molecule has 0 aliphatic rings. The third kappa shape index (κ3) is 3.88. The summed E-state index contributed by atoms with van der Waals surface area (Å²) in [4.78, 5) is 14.0. The fraction of sp³-hybridized carbons (Fsp3) is 0.0625. The van der Waals surface area contributed by atoms with Gasteiger partial charge in [0, 0.05) is 17.8 Å². The molecule has 10 heteroatoms. The summed E-state index contributed by atoms with van der Waals surface area (Å²) in [5, 5.41) is 15.0. The maximum atomic E-state index is 11.5. The van der Waals surface area contributed by atoms with Crippen molar-refractivity contribution in [2.45, 2.75) is 4.84 Å². The molecule has 6 nitrogen and oxygen atoms in total. The highest BCUT2D eigenvalue weighted by atomic mass is 35.5. The molecule has 0 radical (unpaired) electrons. The maximum absolute atomic E-state index is 11.5. The van der Waals surface area contributed by atoms with Crippen LogP contribution in [0.5, 0.6) is 0 Å². The van der Waals surface area contributed by atoms with Gasteiger partial charge in [0.05, 0.1) is 15.4 Å². The van der Waals surface area contributed by atoms with Gasteiger partial charge in [-0.15, -0.1) is 0 Å². The van der Waals surface area contributed by atoms with E-state index in [1.165, 1.54) is 18.3 Å². The summed E-state index contributed by atoms with van der Waals surface area (Å²) < 4.78 is 6.07. The fourth-order valence-electron chi connectivity index (χ4n) is 2.17. The first kappa shape index (κ1) is 18.8. The Morgan fingerprint density at radius 2 is 1.88 bits per heavy atom. The zero-order chi connectivity index (χ0) is 18.8. The van der Waals surface area contributed by atoms with Crippen molar-refractivity contribution < 1.29 is 14.5 Å². The zero-order valence-corrected chi connectivity index (χ0v) is 15.8. The molecule has 0 unspecified atom stereocenters. The smallest absolute Gasteiger partial charge is 0.279 e. The van der Waals surface area contributed by atoms with Crippen molar-refractivity contribution in [3.63, 3.8) is 0 Å². The van der Waals surface area contributed by atoms with Crippen LogP contribution in [0.15, 0.2) is 52.1 Å². The highest BCUT2D eigenvalue weighted by Gasteiger charge is 2.16. The van der Waals surface area contributed by atoms with Crippen LogP contribution < -0.4 is 5.36 Å². The van der Waals surface area contributed by atoms with E-state index in [2.05, 4.69) is 10.1 Å². The van der Waals surface area contributed by atoms with Crippen molar-refractivity contribution >= 4 is 52.3 Å². The van der Waals surface area contributed by atoms with Gasteiger partial charge >= 0.3 is 0 Å². The molecule has 3 aromatic rings. The fourth-order valence-corrected chi connectivity index (χ4v) is 2.86. The molecule has 2 aromatic heterocycles. The quantitative estimate of drug-likeness (QED) is 0.485. The van der Waals surface area contributed by atoms with Gasteiger partial charge in [0.1, 0.15) is 11.4 Å². The van der Waals surface area contributed by atoms with Crippen LogP contribution in [-0.2, 0) is 4.79 Å². The van der Waals surface area contributed by atoms with E-state index < -0.39 is 10.7 Å². The van der Waals surface area contributed by atoms with Crippen LogP contribution in [0.3, 0.4) is 0 Å². The molecule has 3 rings (SSSR count). The van der Waals surface area contributed by atoms with Crippen LogP contribution in [0.4, 0.5) is 0 Å². The number of carbonyl (C=O) groups excluding carboxylic acids is 1. The van der Waals surface area contributed by atoms with Crippen LogP contribution in [0.1, 0.15) is 0 Å². The van der Waals surface area contributed by atoms with E-state index in [9.17, 15) is 10.0 Å². The largest absolute Gasteiger partial charge is 0.428 e. The predicted octanol–water partition coefficient (Wildman–Crippen LogP) is 4.59. The normalized spacial score (nSPS) is 12.0. The second kappa shape index (κ2) is 7.72. The molecule has 134 valence electrons. The Hall–Kier alpha value is -1.99. The standard InChI is InChI=1S/C16H9Cl4N3O3/c17-9-2-1-3-10(18)14(9)11-7-13(26-22-11)12-6-8(4-5-23(12)25)21-16(24)15(19)20/h1-7,15,25H. The zero-order valence-electron chi connectivity index (χ0n) is 12.7. The minimum Gasteiger partial charge on any atom is -0.428 e. The number of rotatable bonds is 3. The lowest BCUT2D eigenvalue weighted by molar-refractivity contribution is -0.116. The number of aromatic nitrogens is 2. The number of nitrogens with zero attached hydrogens (tertiary/aromatic N) is 3. The maximum Gasteiger partial charge on any atom is 0.279 e. The van der Waals surface area contributed by atoms with Crippen molar-refractivity contribution in [3.05, 3.63) is 58.0 Å². The highest BCUT2D eigenvalue weighted by molar-refractivity contribution is 6.53. The first-order valence-corrected chi connectivity index (χ1v) is 8.70. The summed E-state index contributed by atoms with van der Waals surface area (Å²) in [5.74, 6) is -0.521. The molecule has 0 atom stereocenters. The second-order valence-corrected chi connectivity index (χ2v) is 6.95. The van der Waals surface area contributed by atoms with Crippen molar-refractivity contribution in [2.75, 3.05) is 0 Å². The van der Waals surface area contributed by atoms with E-state index in [0.29, 0.717) is 21.3 Å². The van der Waals surface area contributed by atoms with Crippen molar-refractivity contribution in [2.24, 2.45) is 4.99 Å². The molecule has 0 aliphatic carbocycles. The molecule has 0 fully saturated rings. The van der Waals surface area contributed by atoms with Crippen LogP contribution in [-0.4, -0.2) is 25.8 Å². The number of hydrogen-bond donors (Lipinski definition) is 1. The summed E-state index contributed by atoms with van der Waals surface area (Å²) in [5.41, 5.74) is 1.08. The average molecular weight is 433 g/mol. The van der Waals surface area contributed by atoms with E-state index in [1.54, 1.807) is 24.3 Å². The Balaban J connectivity index is 2.06. The lowest BCUT2D eigenvalue weighted by Crippen LogP contribution is -2.13. The molecule has 1 N–H and O–H groups in total. The molecule has 0 bridgehead atoms. The number of benzene rings is 1. The minimum atomic E-state index is -1.28. The lowest BCUT2D eigenvalue weighted by atomic mass is 10.1. The SMILES string of the molecule is O=C(N=c1ccn(O)c(-c2cc(-c3c(Cl)cccc3Cl)no2)c1)C(Cl)Cl. The van der Waals surface area contributed by atoms with E-state index in [-0.39, 0.29) is 16.8 Å². The number of carbonyl (C=O) groups is 1. The Morgan fingerprint density at radius 3 is 2.54 bits per heavy atom. The van der Waals surface area contributed by atoms with Gasteiger partial charge in [-0.2, -0.15) is 4.73 Å². The second-order valence-electron chi connectivity index (χ2n) is 5.04. The van der Waals surface area contributed by atoms with Crippen molar-refractivity contribution in [3.8, 4) is 22.7 Å². The molecule has 2 heterocycles. The lowest BCUT2D eigenvalue weighted by Gasteiger charge is -2.03. The van der Waals surface area contributed by atoms with Crippen molar-refractivity contribution in [1.82, 2.24) is 9.89 Å². The third-order valence-corrected chi connectivity index (χ3v) is 4.33. The van der Waals surface area contributed by atoms with Gasteiger partial charge in [-0.1, -0.05) is 57.6 Å². The van der Waals surface area contributed by atoms with Crippen LogP contribution >= 0.6 is 46.4 Å². The van der Waals surface area contributed by atoms with Gasteiger partial charge in [0.15, 0.2) is 10.6 Å². The summed E-state index contributed by atoms with van der Waals surface area (Å²) in [6.07, 6.45) is 1.28. The summed E-state index contributed by atoms with van der Waals surface area (Å²) in [6.45, 7) is 0. The number of alkyl halides is 2. The summed E-state index contributed by atoms with van der Waals surface area (Å²) in [7, 11) is 0. The molecule has 1 aromatic carbocycles. The van der Waals surface area contributed by atoms with Gasteiger partial charge in [-0.25, -0.2) is 4.99 Å². The number of amides is 1. The molecule has 0 spiro atoms. The van der Waals surface area contributed by atoms with Gasteiger partial charge in [-0.3, -0.25) is 4.79 Å². The molecular formula is C16H9Cl4N3O3. The average Bonchev–Trinajstić information content (AvgIpc) is 3.05. The molecule has 1 amide bonds. The Labute approximate surface area is 167 Å². The first-order valence-electron chi connectivity index (χ1n) is 7.07. The highest BCUT2D eigenvalue weighted by Crippen LogP contribution is 2.35. The van der Waals surface area contributed by atoms with Gasteiger partial charge in [0.2, 0.25) is 0 Å². The van der Waals surface area contributed by atoms with Gasteiger partial charge in [-0.05, 0) is 24.3 Å². The Morgan fingerprint density at radius 1 is 1.19 bits per heavy atom. The predicted molar refractivity (Wildman–Crippen MR) is 98.6 cm³/mol. The Kier molecular flexibility index (Phi) is 5.58. The van der Waals surface area contributed by atoms with Crippen molar-refractivity contribution in [1.29, 1.82) is 0 Å². The molecule has 26 heavy (non-hydrogen) atoms. The minimum absolute atomic E-state index is 0.196. The van der Waals surface area contributed by atoms with E-state index in [1.807, 2.05) is 0 Å².